The second-order valence-electron chi connectivity index (χ2n) is 7.97. The van der Waals surface area contributed by atoms with Crippen molar-refractivity contribution in [3.8, 4) is 5.75 Å². The predicted molar refractivity (Wildman–Crippen MR) is 123 cm³/mol. The largest absolute Gasteiger partial charge is 0.484 e. The lowest BCUT2D eigenvalue weighted by atomic mass is 10.0. The van der Waals surface area contributed by atoms with Crippen molar-refractivity contribution in [1.82, 2.24) is 19.6 Å². The Hall–Kier alpha value is -2.72. The molecule has 9 nitrogen and oxygen atoms in total. The molecule has 0 atom stereocenters. The number of nitrogens with zero attached hydrogens (tertiary/aromatic N) is 4. The summed E-state index contributed by atoms with van der Waals surface area (Å²) in [4.78, 5) is 22.4. The molecule has 1 aliphatic heterocycles. The number of nitrogens with one attached hydrogen (secondary N) is 1. The molecular formula is C22H31N5O4S. The van der Waals surface area contributed by atoms with Crippen LogP contribution in [-0.2, 0) is 14.8 Å². The van der Waals surface area contributed by atoms with Gasteiger partial charge in [-0.05, 0) is 36.1 Å². The summed E-state index contributed by atoms with van der Waals surface area (Å²) in [5, 5.41) is 2.71. The van der Waals surface area contributed by atoms with Crippen molar-refractivity contribution in [3.05, 3.63) is 48.3 Å². The second-order valence-corrected chi connectivity index (χ2v) is 10.1. The summed E-state index contributed by atoms with van der Waals surface area (Å²) in [5.74, 6) is 1.40. The molecular weight excluding hydrogens is 430 g/mol. The molecule has 0 unspecified atom stereocenters. The Labute approximate surface area is 189 Å². The third-order valence-electron chi connectivity index (χ3n) is 5.28. The lowest BCUT2D eigenvalue weighted by Crippen LogP contribution is -2.50. The first kappa shape index (κ1) is 23.9. The third-order valence-corrected chi connectivity index (χ3v) is 7.24. The average Bonchev–Trinajstić information content (AvgIpc) is 2.81. The molecule has 1 amide bonds. The van der Waals surface area contributed by atoms with Crippen LogP contribution in [-0.4, -0.2) is 73.7 Å². The van der Waals surface area contributed by atoms with Gasteiger partial charge in [-0.25, -0.2) is 18.4 Å². The van der Waals surface area contributed by atoms with Gasteiger partial charge in [0.05, 0.1) is 5.75 Å². The van der Waals surface area contributed by atoms with Crippen molar-refractivity contribution in [2.75, 3.05) is 50.0 Å². The third kappa shape index (κ3) is 6.89. The summed E-state index contributed by atoms with van der Waals surface area (Å²) in [5.41, 5.74) is 1.21. The summed E-state index contributed by atoms with van der Waals surface area (Å²) in [6, 6.07) is 9.40. The van der Waals surface area contributed by atoms with Crippen LogP contribution >= 0.6 is 0 Å². The van der Waals surface area contributed by atoms with Gasteiger partial charge in [-0.3, -0.25) is 4.79 Å². The van der Waals surface area contributed by atoms with Gasteiger partial charge in [-0.1, -0.05) is 26.0 Å². The monoisotopic (exact) mass is 461 g/mol. The predicted octanol–water partition coefficient (Wildman–Crippen LogP) is 1.64. The van der Waals surface area contributed by atoms with Crippen LogP contribution in [0.4, 0.5) is 5.95 Å². The molecule has 0 aliphatic carbocycles. The molecule has 2 heterocycles. The zero-order valence-corrected chi connectivity index (χ0v) is 19.4. The van der Waals surface area contributed by atoms with Crippen molar-refractivity contribution >= 4 is 21.9 Å². The van der Waals surface area contributed by atoms with Gasteiger partial charge in [0.1, 0.15) is 5.75 Å². The molecule has 1 aromatic carbocycles. The van der Waals surface area contributed by atoms with E-state index >= 15 is 0 Å². The Bertz CT molecular complexity index is 960. The minimum Gasteiger partial charge on any atom is -0.484 e. The molecule has 1 aliphatic rings. The Kier molecular flexibility index (Phi) is 8.40. The highest BCUT2D eigenvalue weighted by Gasteiger charge is 2.27. The van der Waals surface area contributed by atoms with Crippen molar-refractivity contribution in [1.29, 1.82) is 0 Å². The number of hydrogen-bond acceptors (Lipinski definition) is 7. The fourth-order valence-electron chi connectivity index (χ4n) is 3.38. The number of sulfonamides is 1. The van der Waals surface area contributed by atoms with E-state index in [2.05, 4.69) is 29.1 Å². The quantitative estimate of drug-likeness (QED) is 0.536. The molecule has 0 radical (unpaired) electrons. The van der Waals surface area contributed by atoms with E-state index in [1.807, 2.05) is 29.2 Å². The first-order valence-electron chi connectivity index (χ1n) is 10.8. The number of benzene rings is 1. The van der Waals surface area contributed by atoms with E-state index in [1.54, 1.807) is 18.5 Å². The number of carbonyl (C=O) groups is 1. The van der Waals surface area contributed by atoms with Crippen LogP contribution in [0.3, 0.4) is 0 Å². The number of amides is 1. The summed E-state index contributed by atoms with van der Waals surface area (Å²) < 4.78 is 32.2. The highest BCUT2D eigenvalue weighted by Crippen LogP contribution is 2.18. The van der Waals surface area contributed by atoms with E-state index in [0.29, 0.717) is 50.2 Å². The van der Waals surface area contributed by atoms with Crippen LogP contribution in [0.1, 0.15) is 31.7 Å². The SMILES string of the molecule is CC(C)c1ccc(OCC(=O)NCCCS(=O)(=O)N2CCN(c3ncccn3)CC2)cc1. The number of ether oxygens (including phenoxy) is 1. The van der Waals surface area contributed by atoms with Gasteiger partial charge < -0.3 is 15.0 Å². The van der Waals surface area contributed by atoms with E-state index in [4.69, 9.17) is 4.74 Å². The maximum atomic E-state index is 12.6. The summed E-state index contributed by atoms with van der Waals surface area (Å²) in [7, 11) is -3.37. The summed E-state index contributed by atoms with van der Waals surface area (Å²) in [6.07, 6.45) is 3.69. The fourth-order valence-corrected chi connectivity index (χ4v) is 4.87. The van der Waals surface area contributed by atoms with E-state index in [0.717, 1.165) is 0 Å². The van der Waals surface area contributed by atoms with Gasteiger partial charge in [0.15, 0.2) is 6.61 Å². The van der Waals surface area contributed by atoms with Crippen molar-refractivity contribution in [3.63, 3.8) is 0 Å². The maximum absolute atomic E-state index is 12.6. The minimum absolute atomic E-state index is 0.00730. The Morgan fingerprint density at radius 2 is 1.75 bits per heavy atom. The van der Waals surface area contributed by atoms with Gasteiger partial charge in [0.2, 0.25) is 16.0 Å². The molecule has 3 rings (SSSR count). The molecule has 1 aromatic heterocycles. The van der Waals surface area contributed by atoms with E-state index < -0.39 is 10.0 Å². The zero-order valence-electron chi connectivity index (χ0n) is 18.6. The molecule has 1 fully saturated rings. The highest BCUT2D eigenvalue weighted by atomic mass is 32.2. The van der Waals surface area contributed by atoms with Gasteiger partial charge in [0.25, 0.3) is 5.91 Å². The van der Waals surface area contributed by atoms with E-state index in [1.165, 1.54) is 9.87 Å². The molecule has 2 aromatic rings. The number of hydrogen-bond donors (Lipinski definition) is 1. The average molecular weight is 462 g/mol. The van der Waals surface area contributed by atoms with E-state index in [-0.39, 0.29) is 24.8 Å². The molecule has 174 valence electrons. The molecule has 0 spiro atoms. The maximum Gasteiger partial charge on any atom is 0.257 e. The van der Waals surface area contributed by atoms with Crippen molar-refractivity contribution < 1.29 is 17.9 Å². The lowest BCUT2D eigenvalue weighted by Gasteiger charge is -2.33. The van der Waals surface area contributed by atoms with Crippen molar-refractivity contribution in [2.45, 2.75) is 26.2 Å². The molecule has 1 saturated heterocycles. The van der Waals surface area contributed by atoms with Crippen LogP contribution in [0.5, 0.6) is 5.75 Å². The van der Waals surface area contributed by atoms with Crippen LogP contribution in [0.2, 0.25) is 0 Å². The molecule has 1 N–H and O–H groups in total. The smallest absolute Gasteiger partial charge is 0.257 e. The van der Waals surface area contributed by atoms with Crippen LogP contribution in [0, 0.1) is 0 Å². The number of carbonyl (C=O) groups excluding carboxylic acids is 1. The lowest BCUT2D eigenvalue weighted by molar-refractivity contribution is -0.123. The van der Waals surface area contributed by atoms with Crippen LogP contribution in [0.15, 0.2) is 42.7 Å². The summed E-state index contributed by atoms with van der Waals surface area (Å²) in [6.45, 7) is 6.31. The number of rotatable bonds is 10. The zero-order chi connectivity index (χ0) is 23.0. The van der Waals surface area contributed by atoms with Gasteiger partial charge >= 0.3 is 0 Å². The highest BCUT2D eigenvalue weighted by molar-refractivity contribution is 7.89. The number of anilines is 1. The van der Waals surface area contributed by atoms with Crippen LogP contribution < -0.4 is 15.0 Å². The molecule has 10 heteroatoms. The summed E-state index contributed by atoms with van der Waals surface area (Å²) >= 11 is 0. The first-order valence-corrected chi connectivity index (χ1v) is 12.5. The molecule has 0 saturated carbocycles. The van der Waals surface area contributed by atoms with Gasteiger partial charge in [-0.15, -0.1) is 0 Å². The minimum atomic E-state index is -3.37. The molecule has 32 heavy (non-hydrogen) atoms. The van der Waals surface area contributed by atoms with Crippen LogP contribution in [0.25, 0.3) is 0 Å². The normalized spacial score (nSPS) is 15.0. The Morgan fingerprint density at radius 1 is 1.09 bits per heavy atom. The van der Waals surface area contributed by atoms with Gasteiger partial charge in [-0.2, -0.15) is 4.31 Å². The fraction of sp³-hybridized carbons (Fsp3) is 0.500. The first-order chi connectivity index (χ1) is 15.3. The number of aromatic nitrogens is 2. The second kappa shape index (κ2) is 11.2. The Balaban J connectivity index is 1.33. The molecule has 0 bridgehead atoms. The number of piperazine rings is 1. The van der Waals surface area contributed by atoms with Gasteiger partial charge in [0, 0.05) is 45.1 Å². The topological polar surface area (TPSA) is 105 Å². The Morgan fingerprint density at radius 3 is 2.38 bits per heavy atom. The van der Waals surface area contributed by atoms with Crippen molar-refractivity contribution in [2.24, 2.45) is 0 Å². The van der Waals surface area contributed by atoms with E-state index in [9.17, 15) is 13.2 Å². The standard InChI is InChI=1S/C22H31N5O4S/c1-18(2)19-5-7-20(8-6-19)31-17-21(28)23-11-4-16-32(29,30)27-14-12-26(13-15-27)22-24-9-3-10-25-22/h3,5-10,18H,4,11-17H2,1-2H3,(H,23,28).